The molecule has 1 aromatic rings. The summed E-state index contributed by atoms with van der Waals surface area (Å²) < 4.78 is 4.50. The summed E-state index contributed by atoms with van der Waals surface area (Å²) in [7, 11) is 4.95. The maximum atomic E-state index is 11.2. The molecule has 0 aliphatic heterocycles. The van der Waals surface area contributed by atoms with E-state index in [0.717, 1.165) is 0 Å². The number of hydrogen-bond acceptors (Lipinski definition) is 2. The van der Waals surface area contributed by atoms with Crippen molar-refractivity contribution >= 4 is 13.8 Å². The normalized spacial score (nSPS) is 9.42. The molecule has 0 unspecified atom stereocenters. The second kappa shape index (κ2) is 3.95. The summed E-state index contributed by atoms with van der Waals surface area (Å²) in [5.74, 6) is 0.600. The molecular weight excluding hydrogens is 151 g/mol. The zero-order valence-corrected chi connectivity index (χ0v) is 6.91. The van der Waals surface area contributed by atoms with Gasteiger partial charge in [-0.3, -0.25) is 4.79 Å². The number of hydrogen-bond donors (Lipinski definition) is 0. The Morgan fingerprint density at radius 1 is 1.58 bits per heavy atom. The van der Waals surface area contributed by atoms with Crippen molar-refractivity contribution < 1.29 is 9.45 Å². The molecule has 0 aliphatic carbocycles. The van der Waals surface area contributed by atoms with E-state index in [4.69, 9.17) is 8.05 Å². The first-order chi connectivity index (χ1) is 5.77. The summed E-state index contributed by atoms with van der Waals surface area (Å²) in [5.41, 5.74) is 0.639. The first kappa shape index (κ1) is 8.85. The van der Waals surface area contributed by atoms with Crippen LogP contribution in [0.2, 0.25) is 0 Å². The SMILES string of the molecule is [B]Oc1cccc(C(=O)CC)c1. The number of rotatable bonds is 3. The number of ketones is 1. The molecule has 12 heavy (non-hydrogen) atoms. The van der Waals surface area contributed by atoms with Gasteiger partial charge in [0.2, 0.25) is 0 Å². The average Bonchev–Trinajstić information content (AvgIpc) is 2.17. The van der Waals surface area contributed by atoms with Gasteiger partial charge in [0.05, 0.1) is 5.75 Å². The highest BCUT2D eigenvalue weighted by Gasteiger charge is 2.02. The Labute approximate surface area is 73.0 Å². The van der Waals surface area contributed by atoms with Crippen LogP contribution in [0.5, 0.6) is 5.75 Å². The number of carbonyl (C=O) groups excluding carboxylic acids is 1. The molecule has 0 spiro atoms. The van der Waals surface area contributed by atoms with Crippen LogP contribution in [0.1, 0.15) is 23.7 Å². The summed E-state index contributed by atoms with van der Waals surface area (Å²) in [4.78, 5) is 11.2. The molecule has 0 fully saturated rings. The molecular formula is C9H9BO2. The fourth-order valence-corrected chi connectivity index (χ4v) is 0.947. The maximum absolute atomic E-state index is 11.2. The summed E-state index contributed by atoms with van der Waals surface area (Å²) in [6.07, 6.45) is 0.494. The van der Waals surface area contributed by atoms with Crippen molar-refractivity contribution in [2.24, 2.45) is 0 Å². The highest BCUT2D eigenvalue weighted by Crippen LogP contribution is 2.13. The van der Waals surface area contributed by atoms with Crippen LogP contribution in [-0.2, 0) is 0 Å². The fourth-order valence-electron chi connectivity index (χ4n) is 0.947. The van der Waals surface area contributed by atoms with Gasteiger partial charge in [-0.1, -0.05) is 19.1 Å². The van der Waals surface area contributed by atoms with Crippen LogP contribution in [0.3, 0.4) is 0 Å². The lowest BCUT2D eigenvalue weighted by Crippen LogP contribution is -1.96. The lowest BCUT2D eigenvalue weighted by Gasteiger charge is -2.01. The molecule has 3 heteroatoms. The van der Waals surface area contributed by atoms with Crippen LogP contribution in [0.15, 0.2) is 24.3 Å². The smallest absolute Gasteiger partial charge is 0.374 e. The highest BCUT2D eigenvalue weighted by molar-refractivity contribution is 6.00. The minimum absolute atomic E-state index is 0.0916. The second-order valence-corrected chi connectivity index (χ2v) is 2.42. The fraction of sp³-hybridized carbons (Fsp3) is 0.222. The van der Waals surface area contributed by atoms with E-state index in [1.54, 1.807) is 24.3 Å². The molecule has 1 rings (SSSR count). The monoisotopic (exact) mass is 160 g/mol. The van der Waals surface area contributed by atoms with Crippen molar-refractivity contribution in [3.05, 3.63) is 29.8 Å². The first-order valence-corrected chi connectivity index (χ1v) is 3.78. The maximum Gasteiger partial charge on any atom is 0.374 e. The van der Waals surface area contributed by atoms with E-state index in [-0.39, 0.29) is 5.78 Å². The molecule has 2 nitrogen and oxygen atoms in total. The van der Waals surface area contributed by atoms with Gasteiger partial charge in [-0.25, -0.2) is 0 Å². The topological polar surface area (TPSA) is 26.3 Å². The van der Waals surface area contributed by atoms with Crippen LogP contribution in [0, 0.1) is 0 Å². The van der Waals surface area contributed by atoms with E-state index in [2.05, 4.69) is 4.65 Å². The Hall–Kier alpha value is -1.25. The van der Waals surface area contributed by atoms with Gasteiger partial charge in [0.15, 0.2) is 5.78 Å². The Kier molecular flexibility index (Phi) is 2.91. The van der Waals surface area contributed by atoms with Gasteiger partial charge >= 0.3 is 8.05 Å². The van der Waals surface area contributed by atoms with E-state index in [1.807, 2.05) is 6.92 Å². The number of benzene rings is 1. The Morgan fingerprint density at radius 3 is 2.92 bits per heavy atom. The molecule has 1 aromatic carbocycles. The third-order valence-electron chi connectivity index (χ3n) is 1.61. The quantitative estimate of drug-likeness (QED) is 0.497. The number of Topliss-reactive ketones (excluding diaryl/α,β-unsaturated/α-hetero) is 1. The standard InChI is InChI=1S/C9H9BO2/c1-2-9(11)7-4-3-5-8(6-7)12-10/h3-6H,2H2,1H3. The molecule has 0 aliphatic rings. The van der Waals surface area contributed by atoms with Gasteiger partial charge in [0, 0.05) is 12.0 Å². The van der Waals surface area contributed by atoms with Crippen LogP contribution < -0.4 is 4.65 Å². The van der Waals surface area contributed by atoms with Crippen molar-refractivity contribution in [1.82, 2.24) is 0 Å². The first-order valence-electron chi connectivity index (χ1n) is 3.78. The van der Waals surface area contributed by atoms with Gasteiger partial charge in [-0.05, 0) is 12.1 Å². The van der Waals surface area contributed by atoms with Gasteiger partial charge in [-0.2, -0.15) is 0 Å². The predicted molar refractivity (Wildman–Crippen MR) is 47.4 cm³/mol. The van der Waals surface area contributed by atoms with Crippen LogP contribution in [0.25, 0.3) is 0 Å². The van der Waals surface area contributed by atoms with Gasteiger partial charge < -0.3 is 4.65 Å². The Balaban J connectivity index is 2.93. The van der Waals surface area contributed by atoms with Crippen molar-refractivity contribution in [3.63, 3.8) is 0 Å². The molecule has 0 saturated carbocycles. The highest BCUT2D eigenvalue weighted by atomic mass is 16.4. The zero-order chi connectivity index (χ0) is 8.97. The van der Waals surface area contributed by atoms with Crippen molar-refractivity contribution in [2.45, 2.75) is 13.3 Å². The van der Waals surface area contributed by atoms with E-state index in [9.17, 15) is 4.79 Å². The molecule has 0 atom stereocenters. The summed E-state index contributed by atoms with van der Waals surface area (Å²) >= 11 is 0. The summed E-state index contributed by atoms with van der Waals surface area (Å²) in [6.45, 7) is 1.82. The molecule has 0 saturated heterocycles. The van der Waals surface area contributed by atoms with Gasteiger partial charge in [-0.15, -0.1) is 0 Å². The van der Waals surface area contributed by atoms with Gasteiger partial charge in [0.25, 0.3) is 0 Å². The molecule has 2 radical (unpaired) electrons. The molecule has 0 N–H and O–H groups in total. The lowest BCUT2D eigenvalue weighted by molar-refractivity contribution is 0.0988. The minimum atomic E-state index is 0.0916. The van der Waals surface area contributed by atoms with Crippen molar-refractivity contribution in [3.8, 4) is 5.75 Å². The van der Waals surface area contributed by atoms with E-state index in [1.165, 1.54) is 0 Å². The number of carbonyl (C=O) groups is 1. The molecule has 0 aromatic heterocycles. The van der Waals surface area contributed by atoms with Crippen LogP contribution in [-0.4, -0.2) is 13.8 Å². The predicted octanol–water partition coefficient (Wildman–Crippen LogP) is 1.74. The second-order valence-electron chi connectivity index (χ2n) is 2.42. The van der Waals surface area contributed by atoms with E-state index >= 15 is 0 Å². The molecule has 0 heterocycles. The Bertz CT molecular complexity index is 284. The molecule has 60 valence electrons. The van der Waals surface area contributed by atoms with E-state index in [0.29, 0.717) is 17.7 Å². The third-order valence-corrected chi connectivity index (χ3v) is 1.61. The van der Waals surface area contributed by atoms with Crippen molar-refractivity contribution in [1.29, 1.82) is 0 Å². The average molecular weight is 160 g/mol. The zero-order valence-electron chi connectivity index (χ0n) is 6.91. The van der Waals surface area contributed by atoms with Crippen LogP contribution >= 0.6 is 0 Å². The lowest BCUT2D eigenvalue weighted by atomic mass is 10.1. The third kappa shape index (κ3) is 1.88. The molecule has 0 bridgehead atoms. The summed E-state index contributed by atoms with van der Waals surface area (Å²) in [6, 6.07) is 6.82. The Morgan fingerprint density at radius 2 is 2.33 bits per heavy atom. The van der Waals surface area contributed by atoms with Gasteiger partial charge in [0.1, 0.15) is 0 Å². The van der Waals surface area contributed by atoms with Crippen LogP contribution in [0.4, 0.5) is 0 Å². The summed E-state index contributed by atoms with van der Waals surface area (Å²) in [5, 5.41) is 0. The largest absolute Gasteiger partial charge is 0.568 e. The molecule has 0 amide bonds. The van der Waals surface area contributed by atoms with Crippen molar-refractivity contribution in [2.75, 3.05) is 0 Å². The van der Waals surface area contributed by atoms with E-state index < -0.39 is 0 Å². The minimum Gasteiger partial charge on any atom is -0.568 e.